The molecule has 1 saturated heterocycles. The molecule has 1 aromatic carbocycles. The summed E-state index contributed by atoms with van der Waals surface area (Å²) < 4.78 is 23.8. The van der Waals surface area contributed by atoms with E-state index >= 15 is 0 Å². The van der Waals surface area contributed by atoms with Crippen LogP contribution in [0.1, 0.15) is 19.7 Å². The van der Waals surface area contributed by atoms with Gasteiger partial charge in [-0.2, -0.15) is 4.98 Å². The standard InChI is InChI=1S/C18H23FN4O5/c1-9(2)21-18(26)20-8-13-16(25)15(24)12(27-13)7-14-22-17(23-28-14)10-3-5-11(19)6-4-10/h3-6,9,12-13,15-16,24-25H,7-8H2,1-2H3,(H2,20,21,26)/t12-,13-,15-,16+/m0/s1. The maximum atomic E-state index is 13.0. The highest BCUT2D eigenvalue weighted by atomic mass is 19.1. The summed E-state index contributed by atoms with van der Waals surface area (Å²) >= 11 is 0. The number of hydrogen-bond donors (Lipinski definition) is 4. The monoisotopic (exact) mass is 394 g/mol. The SMILES string of the molecule is CC(C)NC(=O)NC[C@@H]1O[C@@H](Cc2nc(-c3ccc(F)cc3)no2)[C@H](O)[C@@H]1O. The minimum Gasteiger partial charge on any atom is -0.388 e. The maximum Gasteiger partial charge on any atom is 0.315 e. The molecule has 4 atom stereocenters. The number of carbonyl (C=O) groups excluding carboxylic acids is 1. The predicted molar refractivity (Wildman–Crippen MR) is 95.7 cm³/mol. The molecule has 0 spiro atoms. The molecule has 0 saturated carbocycles. The second-order valence-electron chi connectivity index (χ2n) is 6.93. The number of urea groups is 1. The van der Waals surface area contributed by atoms with E-state index in [0.717, 1.165) is 0 Å². The van der Waals surface area contributed by atoms with Crippen molar-refractivity contribution in [3.8, 4) is 11.4 Å². The van der Waals surface area contributed by atoms with Crippen molar-refractivity contribution in [2.45, 2.75) is 50.7 Å². The lowest BCUT2D eigenvalue weighted by Gasteiger charge is -2.16. The van der Waals surface area contributed by atoms with Gasteiger partial charge in [-0.3, -0.25) is 0 Å². The summed E-state index contributed by atoms with van der Waals surface area (Å²) in [6.45, 7) is 3.69. The second kappa shape index (κ2) is 8.63. The maximum absolute atomic E-state index is 13.0. The molecule has 2 amide bonds. The first kappa shape index (κ1) is 20.2. The minimum absolute atomic E-state index is 0.0272. The van der Waals surface area contributed by atoms with E-state index in [9.17, 15) is 19.4 Å². The Balaban J connectivity index is 1.57. The Morgan fingerprint density at radius 1 is 1.21 bits per heavy atom. The Hall–Kier alpha value is -2.56. The van der Waals surface area contributed by atoms with Crippen LogP contribution < -0.4 is 10.6 Å². The fraction of sp³-hybridized carbons (Fsp3) is 0.500. The predicted octanol–water partition coefficient (Wildman–Crippen LogP) is 0.615. The summed E-state index contributed by atoms with van der Waals surface area (Å²) in [5, 5.41) is 29.5. The average molecular weight is 394 g/mol. The number of ether oxygens (including phenoxy) is 1. The number of aliphatic hydroxyl groups is 2. The summed E-state index contributed by atoms with van der Waals surface area (Å²) in [7, 11) is 0. The number of amides is 2. The van der Waals surface area contributed by atoms with Gasteiger partial charge in [-0.25, -0.2) is 9.18 Å². The van der Waals surface area contributed by atoms with E-state index in [2.05, 4.69) is 20.8 Å². The summed E-state index contributed by atoms with van der Waals surface area (Å²) in [5.41, 5.74) is 0.586. The van der Waals surface area contributed by atoms with Crippen LogP contribution in [0.15, 0.2) is 28.8 Å². The van der Waals surface area contributed by atoms with Crippen molar-refractivity contribution in [3.63, 3.8) is 0 Å². The van der Waals surface area contributed by atoms with Crippen LogP contribution in [-0.4, -0.2) is 63.4 Å². The number of hydrogen-bond acceptors (Lipinski definition) is 7. The van der Waals surface area contributed by atoms with Gasteiger partial charge in [-0.15, -0.1) is 0 Å². The highest BCUT2D eigenvalue weighted by Gasteiger charge is 2.43. The molecule has 1 aliphatic rings. The number of nitrogens with zero attached hydrogens (tertiary/aromatic N) is 2. The third-order valence-electron chi connectivity index (χ3n) is 4.29. The lowest BCUT2D eigenvalue weighted by atomic mass is 10.1. The van der Waals surface area contributed by atoms with E-state index < -0.39 is 24.4 Å². The minimum atomic E-state index is -1.17. The molecule has 3 rings (SSSR count). The summed E-state index contributed by atoms with van der Waals surface area (Å²) in [6, 6.07) is 5.22. The second-order valence-corrected chi connectivity index (χ2v) is 6.93. The highest BCUT2D eigenvalue weighted by molar-refractivity contribution is 5.74. The third-order valence-corrected chi connectivity index (χ3v) is 4.29. The molecule has 10 heteroatoms. The smallest absolute Gasteiger partial charge is 0.315 e. The van der Waals surface area contributed by atoms with Gasteiger partial charge in [-0.1, -0.05) is 5.16 Å². The van der Waals surface area contributed by atoms with Crippen molar-refractivity contribution < 1.29 is 28.7 Å². The first-order valence-electron chi connectivity index (χ1n) is 8.98. The van der Waals surface area contributed by atoms with Gasteiger partial charge < -0.3 is 30.1 Å². The van der Waals surface area contributed by atoms with E-state index in [1.54, 1.807) is 0 Å². The van der Waals surface area contributed by atoms with Gasteiger partial charge in [0.25, 0.3) is 0 Å². The zero-order chi connectivity index (χ0) is 20.3. The Morgan fingerprint density at radius 3 is 2.57 bits per heavy atom. The third kappa shape index (κ3) is 4.83. The van der Waals surface area contributed by atoms with Crippen LogP contribution in [0.4, 0.5) is 9.18 Å². The van der Waals surface area contributed by atoms with E-state index in [-0.39, 0.29) is 42.6 Å². The van der Waals surface area contributed by atoms with Crippen LogP contribution in [0.3, 0.4) is 0 Å². The van der Waals surface area contributed by atoms with Gasteiger partial charge in [0.1, 0.15) is 24.1 Å². The highest BCUT2D eigenvalue weighted by Crippen LogP contribution is 2.24. The number of carbonyl (C=O) groups is 1. The first-order valence-corrected chi connectivity index (χ1v) is 8.98. The molecule has 9 nitrogen and oxygen atoms in total. The average Bonchev–Trinajstić information content (AvgIpc) is 3.21. The molecule has 2 heterocycles. The van der Waals surface area contributed by atoms with Crippen LogP contribution in [0.25, 0.3) is 11.4 Å². The molecule has 2 aromatic rings. The molecule has 0 aliphatic carbocycles. The van der Waals surface area contributed by atoms with E-state index in [0.29, 0.717) is 5.56 Å². The number of halogens is 1. The van der Waals surface area contributed by atoms with Gasteiger partial charge in [0, 0.05) is 18.2 Å². The Morgan fingerprint density at radius 2 is 1.89 bits per heavy atom. The zero-order valence-corrected chi connectivity index (χ0v) is 15.5. The molecule has 0 unspecified atom stereocenters. The fourth-order valence-electron chi connectivity index (χ4n) is 2.90. The van der Waals surface area contributed by atoms with Gasteiger partial charge in [-0.05, 0) is 38.1 Å². The van der Waals surface area contributed by atoms with E-state index in [1.807, 2.05) is 13.8 Å². The molecule has 28 heavy (non-hydrogen) atoms. The van der Waals surface area contributed by atoms with Crippen LogP contribution in [-0.2, 0) is 11.2 Å². The lowest BCUT2D eigenvalue weighted by Crippen LogP contribution is -2.45. The van der Waals surface area contributed by atoms with E-state index in [1.165, 1.54) is 24.3 Å². The number of nitrogens with one attached hydrogen (secondary N) is 2. The van der Waals surface area contributed by atoms with Gasteiger partial charge in [0.15, 0.2) is 0 Å². The van der Waals surface area contributed by atoms with E-state index in [4.69, 9.17) is 9.26 Å². The quantitative estimate of drug-likeness (QED) is 0.565. The van der Waals surface area contributed by atoms with Gasteiger partial charge in [0.05, 0.1) is 12.5 Å². The molecule has 152 valence electrons. The molecule has 0 radical (unpaired) electrons. The summed E-state index contributed by atoms with van der Waals surface area (Å²) in [5.74, 6) is 0.124. The zero-order valence-electron chi connectivity index (χ0n) is 15.5. The molecular weight excluding hydrogens is 371 g/mol. The first-order chi connectivity index (χ1) is 13.3. The summed E-state index contributed by atoms with van der Waals surface area (Å²) in [6.07, 6.45) is -3.78. The number of benzene rings is 1. The Labute approximate surface area is 160 Å². The van der Waals surface area contributed by atoms with Crippen LogP contribution in [0, 0.1) is 5.82 Å². The van der Waals surface area contributed by atoms with Gasteiger partial charge in [0.2, 0.25) is 11.7 Å². The molecule has 1 fully saturated rings. The van der Waals surface area contributed by atoms with Gasteiger partial charge >= 0.3 is 6.03 Å². The van der Waals surface area contributed by atoms with Crippen molar-refractivity contribution in [2.75, 3.05) is 6.54 Å². The van der Waals surface area contributed by atoms with Crippen molar-refractivity contribution in [3.05, 3.63) is 36.0 Å². The number of aliphatic hydroxyl groups excluding tert-OH is 2. The molecule has 4 N–H and O–H groups in total. The molecule has 0 bridgehead atoms. The van der Waals surface area contributed by atoms with Crippen molar-refractivity contribution in [2.24, 2.45) is 0 Å². The Kier molecular flexibility index (Phi) is 6.22. The Bertz CT molecular complexity index is 798. The molecule has 1 aliphatic heterocycles. The summed E-state index contributed by atoms with van der Waals surface area (Å²) in [4.78, 5) is 15.9. The fourth-order valence-corrected chi connectivity index (χ4v) is 2.90. The van der Waals surface area contributed by atoms with Crippen LogP contribution >= 0.6 is 0 Å². The molecular formula is C18H23FN4O5. The number of rotatable bonds is 6. The van der Waals surface area contributed by atoms with Crippen molar-refractivity contribution in [1.82, 2.24) is 20.8 Å². The van der Waals surface area contributed by atoms with Crippen molar-refractivity contribution in [1.29, 1.82) is 0 Å². The lowest BCUT2D eigenvalue weighted by molar-refractivity contribution is 0.00689. The molecule has 1 aromatic heterocycles. The normalized spacial score (nSPS) is 24.5. The number of aromatic nitrogens is 2. The topological polar surface area (TPSA) is 130 Å². The van der Waals surface area contributed by atoms with Crippen molar-refractivity contribution >= 4 is 6.03 Å². The van der Waals surface area contributed by atoms with Crippen LogP contribution in [0.2, 0.25) is 0 Å². The largest absolute Gasteiger partial charge is 0.388 e. The van der Waals surface area contributed by atoms with Crippen LogP contribution in [0.5, 0.6) is 0 Å².